The molecule has 0 radical (unpaired) electrons. The van der Waals surface area contributed by atoms with E-state index in [-0.39, 0.29) is 11.6 Å². The molecule has 120 valence electrons. The Morgan fingerprint density at radius 3 is 2.29 bits per heavy atom. The number of nitrogens with two attached hydrogens (primary N) is 1. The van der Waals surface area contributed by atoms with Crippen LogP contribution in [0.15, 0.2) is 0 Å². The first-order valence-electron chi connectivity index (χ1n) is 8.14. The second-order valence-electron chi connectivity index (χ2n) is 6.29. The minimum Gasteiger partial charge on any atom is -0.326 e. The molecule has 5 heteroatoms. The summed E-state index contributed by atoms with van der Waals surface area (Å²) in [6.07, 6.45) is 5.56. The molecule has 1 saturated heterocycles. The van der Waals surface area contributed by atoms with E-state index < -0.39 is 0 Å². The summed E-state index contributed by atoms with van der Waals surface area (Å²) in [6, 6.07) is 0.0889. The van der Waals surface area contributed by atoms with Crippen LogP contribution in [0.5, 0.6) is 0 Å². The Labute approximate surface area is 133 Å². The molecule has 0 aromatic carbocycles. The summed E-state index contributed by atoms with van der Waals surface area (Å²) >= 11 is 6.39. The van der Waals surface area contributed by atoms with E-state index in [0.717, 1.165) is 35.7 Å². The van der Waals surface area contributed by atoms with Crippen LogP contribution in [-0.4, -0.2) is 39.4 Å². The van der Waals surface area contributed by atoms with Crippen molar-refractivity contribution in [3.05, 3.63) is 16.4 Å². The van der Waals surface area contributed by atoms with Crippen LogP contribution in [0.2, 0.25) is 5.15 Å². The van der Waals surface area contributed by atoms with Crippen LogP contribution in [0.3, 0.4) is 0 Å². The number of nitrogens with zero attached hydrogens (tertiary/aromatic N) is 3. The van der Waals surface area contributed by atoms with Gasteiger partial charge in [-0.2, -0.15) is 5.10 Å². The summed E-state index contributed by atoms with van der Waals surface area (Å²) in [7, 11) is 1.89. The monoisotopic (exact) mass is 312 g/mol. The number of hydrogen-bond acceptors (Lipinski definition) is 3. The molecule has 1 aliphatic rings. The first-order valence-corrected chi connectivity index (χ1v) is 8.52. The van der Waals surface area contributed by atoms with Gasteiger partial charge in [-0.1, -0.05) is 25.4 Å². The molecule has 2 N–H and O–H groups in total. The third kappa shape index (κ3) is 2.99. The lowest BCUT2D eigenvalue weighted by Crippen LogP contribution is -2.59. The molecule has 1 unspecified atom stereocenters. The van der Waals surface area contributed by atoms with Gasteiger partial charge in [0.25, 0.3) is 0 Å². The topological polar surface area (TPSA) is 47.1 Å². The van der Waals surface area contributed by atoms with E-state index >= 15 is 0 Å². The van der Waals surface area contributed by atoms with Crippen molar-refractivity contribution < 1.29 is 0 Å². The van der Waals surface area contributed by atoms with Gasteiger partial charge >= 0.3 is 0 Å². The third-order valence-electron chi connectivity index (χ3n) is 5.34. The SMILES string of the molecule is CCC(CC)(C(N)Cc1c(C)nn(C)c1Cl)N1CCCC1. The van der Waals surface area contributed by atoms with Gasteiger partial charge in [-0.15, -0.1) is 0 Å². The minimum absolute atomic E-state index is 0.0854. The van der Waals surface area contributed by atoms with Gasteiger partial charge in [-0.05, 0) is 52.1 Å². The zero-order valence-electron chi connectivity index (χ0n) is 13.8. The molecule has 1 aromatic rings. The van der Waals surface area contributed by atoms with E-state index in [9.17, 15) is 0 Å². The Hall–Kier alpha value is -0.580. The Balaban J connectivity index is 2.24. The smallest absolute Gasteiger partial charge is 0.130 e. The van der Waals surface area contributed by atoms with Crippen molar-refractivity contribution in [1.82, 2.24) is 14.7 Å². The molecule has 2 rings (SSSR count). The highest BCUT2D eigenvalue weighted by atomic mass is 35.5. The zero-order chi connectivity index (χ0) is 15.6. The van der Waals surface area contributed by atoms with Crippen molar-refractivity contribution in [2.45, 2.75) is 64.5 Å². The maximum atomic E-state index is 6.70. The third-order valence-corrected chi connectivity index (χ3v) is 5.82. The van der Waals surface area contributed by atoms with E-state index in [4.69, 9.17) is 17.3 Å². The molecule has 0 amide bonds. The van der Waals surface area contributed by atoms with Crippen LogP contribution in [0.4, 0.5) is 0 Å². The van der Waals surface area contributed by atoms with Crippen molar-refractivity contribution in [3.63, 3.8) is 0 Å². The van der Waals surface area contributed by atoms with Gasteiger partial charge in [0.1, 0.15) is 5.15 Å². The minimum atomic E-state index is 0.0854. The summed E-state index contributed by atoms with van der Waals surface area (Å²) in [5.41, 5.74) is 8.89. The number of hydrogen-bond donors (Lipinski definition) is 1. The van der Waals surface area contributed by atoms with Crippen LogP contribution in [-0.2, 0) is 13.5 Å². The van der Waals surface area contributed by atoms with Crippen LogP contribution in [0.25, 0.3) is 0 Å². The van der Waals surface area contributed by atoms with Crippen LogP contribution in [0, 0.1) is 6.92 Å². The molecule has 21 heavy (non-hydrogen) atoms. The van der Waals surface area contributed by atoms with E-state index in [1.807, 2.05) is 14.0 Å². The van der Waals surface area contributed by atoms with Gasteiger partial charge in [0.15, 0.2) is 0 Å². The fraction of sp³-hybridized carbons (Fsp3) is 0.812. The quantitative estimate of drug-likeness (QED) is 0.878. The Kier molecular flexibility index (Phi) is 5.33. The lowest BCUT2D eigenvalue weighted by molar-refractivity contribution is 0.0768. The highest BCUT2D eigenvalue weighted by molar-refractivity contribution is 6.30. The van der Waals surface area contributed by atoms with Crippen molar-refractivity contribution in [3.8, 4) is 0 Å². The van der Waals surface area contributed by atoms with Gasteiger partial charge < -0.3 is 5.73 Å². The Bertz CT molecular complexity index is 473. The predicted molar refractivity (Wildman–Crippen MR) is 88.8 cm³/mol. The molecule has 1 aromatic heterocycles. The summed E-state index contributed by atoms with van der Waals surface area (Å²) in [5, 5.41) is 5.14. The maximum Gasteiger partial charge on any atom is 0.130 e. The number of aryl methyl sites for hydroxylation is 2. The molecule has 1 fully saturated rings. The zero-order valence-corrected chi connectivity index (χ0v) is 14.6. The van der Waals surface area contributed by atoms with E-state index in [1.165, 1.54) is 25.9 Å². The highest BCUT2D eigenvalue weighted by Gasteiger charge is 2.40. The average Bonchev–Trinajstić information content (AvgIpc) is 3.07. The van der Waals surface area contributed by atoms with Gasteiger partial charge in [-0.25, -0.2) is 0 Å². The molecule has 2 heterocycles. The number of halogens is 1. The first kappa shape index (κ1) is 16.8. The van der Waals surface area contributed by atoms with Gasteiger partial charge in [-0.3, -0.25) is 9.58 Å². The molecule has 4 nitrogen and oxygen atoms in total. The Morgan fingerprint density at radius 2 is 1.86 bits per heavy atom. The highest BCUT2D eigenvalue weighted by Crippen LogP contribution is 2.33. The lowest BCUT2D eigenvalue weighted by atomic mass is 9.80. The fourth-order valence-electron chi connectivity index (χ4n) is 3.93. The predicted octanol–water partition coefficient (Wildman–Crippen LogP) is 2.91. The Morgan fingerprint density at radius 1 is 1.29 bits per heavy atom. The maximum absolute atomic E-state index is 6.70. The molecular formula is C16H29ClN4. The van der Waals surface area contributed by atoms with E-state index in [1.54, 1.807) is 4.68 Å². The second-order valence-corrected chi connectivity index (χ2v) is 6.65. The largest absolute Gasteiger partial charge is 0.326 e. The van der Waals surface area contributed by atoms with Crippen LogP contribution in [0.1, 0.15) is 50.8 Å². The summed E-state index contributed by atoms with van der Waals surface area (Å²) < 4.78 is 1.74. The average molecular weight is 313 g/mol. The van der Waals surface area contributed by atoms with Crippen molar-refractivity contribution in [1.29, 1.82) is 0 Å². The molecular weight excluding hydrogens is 284 g/mol. The normalized spacial score (nSPS) is 18.4. The van der Waals surface area contributed by atoms with E-state index in [2.05, 4.69) is 23.8 Å². The summed E-state index contributed by atoms with van der Waals surface area (Å²) in [4.78, 5) is 2.61. The van der Waals surface area contributed by atoms with Crippen LogP contribution >= 0.6 is 11.6 Å². The van der Waals surface area contributed by atoms with Crippen molar-refractivity contribution in [2.75, 3.05) is 13.1 Å². The fourth-order valence-corrected chi connectivity index (χ4v) is 4.19. The molecule has 1 aliphatic heterocycles. The molecule has 0 spiro atoms. The summed E-state index contributed by atoms with van der Waals surface area (Å²) in [5.74, 6) is 0. The van der Waals surface area contributed by atoms with Gasteiger partial charge in [0.2, 0.25) is 0 Å². The number of aromatic nitrogens is 2. The number of likely N-dealkylation sites (tertiary alicyclic amines) is 1. The number of rotatable bonds is 6. The molecule has 0 saturated carbocycles. The molecule has 0 aliphatic carbocycles. The van der Waals surface area contributed by atoms with Crippen molar-refractivity contribution in [2.24, 2.45) is 12.8 Å². The molecule has 1 atom stereocenters. The van der Waals surface area contributed by atoms with Gasteiger partial charge in [0.05, 0.1) is 5.69 Å². The van der Waals surface area contributed by atoms with E-state index in [0.29, 0.717) is 0 Å². The van der Waals surface area contributed by atoms with Crippen LogP contribution < -0.4 is 5.73 Å². The molecule has 0 bridgehead atoms. The van der Waals surface area contributed by atoms with Crippen molar-refractivity contribution >= 4 is 11.6 Å². The summed E-state index contributed by atoms with van der Waals surface area (Å²) in [6.45, 7) is 8.90. The standard InChI is InChI=1S/C16H29ClN4/c1-5-16(6-2,21-9-7-8-10-21)14(18)11-13-12(3)19-20(4)15(13)17/h14H,5-11,18H2,1-4H3. The second kappa shape index (κ2) is 6.67. The first-order chi connectivity index (χ1) is 9.96. The van der Waals surface area contributed by atoms with Gasteiger partial charge in [0, 0.05) is 24.2 Å². The lowest BCUT2D eigenvalue weighted by Gasteiger charge is -2.45.